The van der Waals surface area contributed by atoms with Crippen LogP contribution in [0.1, 0.15) is 24.5 Å². The molecule has 3 amide bonds. The Morgan fingerprint density at radius 1 is 1.07 bits per heavy atom. The number of rotatable bonds is 7. The zero-order valence-electron chi connectivity index (χ0n) is 16.0. The molecule has 142 valence electrons. The molecule has 1 saturated heterocycles. The summed E-state index contributed by atoms with van der Waals surface area (Å²) in [5.74, 6) is 0.622. The van der Waals surface area contributed by atoms with Crippen LogP contribution in [0.3, 0.4) is 0 Å². The van der Waals surface area contributed by atoms with Gasteiger partial charge in [-0.25, -0.2) is 9.69 Å². The first-order valence-corrected chi connectivity index (χ1v) is 9.14. The molecule has 2 N–H and O–H groups in total. The number of nitrogens with zero attached hydrogens (tertiary/aromatic N) is 1. The van der Waals surface area contributed by atoms with Gasteiger partial charge in [0.05, 0.1) is 14.2 Å². The molecule has 0 aliphatic carbocycles. The van der Waals surface area contributed by atoms with Crippen molar-refractivity contribution >= 4 is 11.9 Å². The molecule has 0 aromatic heterocycles. The third kappa shape index (κ3) is 3.66. The van der Waals surface area contributed by atoms with Crippen molar-refractivity contribution < 1.29 is 19.2 Å². The van der Waals surface area contributed by atoms with Crippen molar-refractivity contribution in [3.63, 3.8) is 0 Å². The molecule has 3 rings (SSSR count). The molecule has 0 saturated carbocycles. The zero-order chi connectivity index (χ0) is 19.4. The van der Waals surface area contributed by atoms with Crippen LogP contribution in [-0.4, -0.2) is 37.7 Å². The van der Waals surface area contributed by atoms with Crippen LogP contribution in [0.2, 0.25) is 0 Å². The van der Waals surface area contributed by atoms with Gasteiger partial charge in [-0.2, -0.15) is 0 Å². The molecule has 0 bridgehead atoms. The molecule has 1 aliphatic heterocycles. The topological polar surface area (TPSA) is 63.1 Å². The van der Waals surface area contributed by atoms with Gasteiger partial charge in [0, 0.05) is 5.56 Å². The van der Waals surface area contributed by atoms with E-state index < -0.39 is 5.54 Å². The fourth-order valence-corrected chi connectivity index (χ4v) is 3.55. The van der Waals surface area contributed by atoms with E-state index in [4.69, 9.17) is 4.74 Å². The Kier molecular flexibility index (Phi) is 5.46. The molecular weight excluding hydrogens is 342 g/mol. The first-order valence-electron chi connectivity index (χ1n) is 9.14. The molecule has 0 radical (unpaired) electrons. The molecule has 2 atom stereocenters. The normalized spacial score (nSPS) is 20.5. The number of nitrogens with one attached hydrogen (secondary N) is 2. The Labute approximate surface area is 159 Å². The number of benzene rings is 2. The van der Waals surface area contributed by atoms with Crippen LogP contribution in [0, 0.1) is 0 Å². The summed E-state index contributed by atoms with van der Waals surface area (Å²) in [6.45, 7) is 2.93. The number of carbonyl (C=O) groups excluding carboxylic acids is 2. The highest BCUT2D eigenvalue weighted by atomic mass is 16.5. The minimum Gasteiger partial charge on any atom is -0.497 e. The average Bonchev–Trinajstić information content (AvgIpc) is 2.94. The Hall–Kier alpha value is -2.86. The van der Waals surface area contributed by atoms with Crippen LogP contribution in [0.5, 0.6) is 5.75 Å². The van der Waals surface area contributed by atoms with Crippen LogP contribution in [0.4, 0.5) is 4.79 Å². The second kappa shape index (κ2) is 7.80. The summed E-state index contributed by atoms with van der Waals surface area (Å²) in [6.07, 6.45) is 0.510. The molecule has 1 unspecified atom stereocenters. The first-order chi connectivity index (χ1) is 13.0. The summed E-state index contributed by atoms with van der Waals surface area (Å²) in [5, 5.41) is 2.93. The number of amides is 3. The Bertz CT molecular complexity index is 807. The fourth-order valence-electron chi connectivity index (χ4n) is 3.55. The lowest BCUT2D eigenvalue weighted by Crippen LogP contribution is -3.09. The maximum absolute atomic E-state index is 13.2. The van der Waals surface area contributed by atoms with E-state index in [1.807, 2.05) is 68.6 Å². The van der Waals surface area contributed by atoms with Crippen molar-refractivity contribution in [3.05, 3.63) is 65.7 Å². The smallest absolute Gasteiger partial charge is 0.329 e. The lowest BCUT2D eigenvalue weighted by Gasteiger charge is -2.26. The van der Waals surface area contributed by atoms with Crippen molar-refractivity contribution in [3.8, 4) is 5.75 Å². The van der Waals surface area contributed by atoms with Gasteiger partial charge in [-0.1, -0.05) is 37.3 Å². The lowest BCUT2D eigenvalue weighted by atomic mass is 9.87. The maximum Gasteiger partial charge on any atom is 0.329 e. The fraction of sp³-hybridized carbons (Fsp3) is 0.333. The summed E-state index contributed by atoms with van der Waals surface area (Å²) in [7, 11) is 3.61. The summed E-state index contributed by atoms with van der Waals surface area (Å²) < 4.78 is 5.17. The van der Waals surface area contributed by atoms with Gasteiger partial charge in [0.1, 0.15) is 17.8 Å². The van der Waals surface area contributed by atoms with E-state index in [1.54, 1.807) is 7.11 Å². The van der Waals surface area contributed by atoms with Gasteiger partial charge in [-0.3, -0.25) is 4.79 Å². The second-order valence-electron chi connectivity index (χ2n) is 6.93. The van der Waals surface area contributed by atoms with E-state index in [9.17, 15) is 9.59 Å². The van der Waals surface area contributed by atoms with Crippen molar-refractivity contribution in [1.82, 2.24) is 10.2 Å². The molecular formula is C21H26N3O3+. The summed E-state index contributed by atoms with van der Waals surface area (Å²) in [6, 6.07) is 16.9. The van der Waals surface area contributed by atoms with E-state index >= 15 is 0 Å². The molecule has 1 fully saturated rings. The number of carbonyl (C=O) groups is 2. The Balaban J connectivity index is 1.73. The van der Waals surface area contributed by atoms with E-state index in [-0.39, 0.29) is 11.9 Å². The highest BCUT2D eigenvalue weighted by molar-refractivity contribution is 6.07. The number of ether oxygens (including phenoxy) is 1. The first kappa shape index (κ1) is 18.9. The molecule has 0 spiro atoms. The number of hydrogen-bond donors (Lipinski definition) is 2. The number of methoxy groups -OCH3 is 1. The van der Waals surface area contributed by atoms with Crippen molar-refractivity contribution in [2.45, 2.75) is 25.4 Å². The highest BCUT2D eigenvalue weighted by Crippen LogP contribution is 2.31. The summed E-state index contributed by atoms with van der Waals surface area (Å²) >= 11 is 0. The third-order valence-corrected chi connectivity index (χ3v) is 5.07. The van der Waals surface area contributed by atoms with Gasteiger partial charge in [-0.05, 0) is 36.2 Å². The predicted molar refractivity (Wildman–Crippen MR) is 102 cm³/mol. The number of urea groups is 1. The molecule has 2 aromatic carbocycles. The van der Waals surface area contributed by atoms with Crippen LogP contribution >= 0.6 is 0 Å². The monoisotopic (exact) mass is 368 g/mol. The quantitative estimate of drug-likeness (QED) is 0.729. The molecule has 2 aromatic rings. The highest BCUT2D eigenvalue weighted by Gasteiger charge is 2.52. The maximum atomic E-state index is 13.2. The van der Waals surface area contributed by atoms with E-state index in [0.29, 0.717) is 19.6 Å². The minimum absolute atomic E-state index is 0.185. The molecule has 1 aliphatic rings. The summed E-state index contributed by atoms with van der Waals surface area (Å²) in [4.78, 5) is 28.1. The molecule has 6 heteroatoms. The van der Waals surface area contributed by atoms with Gasteiger partial charge in [-0.15, -0.1) is 0 Å². The van der Waals surface area contributed by atoms with Crippen molar-refractivity contribution in [1.29, 1.82) is 0 Å². The number of hydrogen-bond acceptors (Lipinski definition) is 3. The van der Waals surface area contributed by atoms with E-state index in [1.165, 1.54) is 4.90 Å². The van der Waals surface area contributed by atoms with Crippen LogP contribution in [0.15, 0.2) is 54.6 Å². The van der Waals surface area contributed by atoms with E-state index in [0.717, 1.165) is 21.8 Å². The predicted octanol–water partition coefficient (Wildman–Crippen LogP) is 1.52. The van der Waals surface area contributed by atoms with Gasteiger partial charge >= 0.3 is 6.03 Å². The zero-order valence-corrected chi connectivity index (χ0v) is 16.0. The van der Waals surface area contributed by atoms with Crippen LogP contribution in [0.25, 0.3) is 0 Å². The third-order valence-electron chi connectivity index (χ3n) is 5.07. The number of quaternary nitrogens is 1. The largest absolute Gasteiger partial charge is 0.497 e. The Morgan fingerprint density at radius 2 is 1.74 bits per heavy atom. The van der Waals surface area contributed by atoms with Crippen LogP contribution in [-0.2, 0) is 16.9 Å². The minimum atomic E-state index is -0.973. The van der Waals surface area contributed by atoms with Gasteiger partial charge < -0.3 is 15.0 Å². The lowest BCUT2D eigenvalue weighted by molar-refractivity contribution is -0.901. The average molecular weight is 368 g/mol. The Morgan fingerprint density at radius 3 is 2.33 bits per heavy atom. The SMILES string of the molecule is CC[C@@]1(c2ccccc2)NC(=O)N(C[NH+](C)Cc2ccc(OC)cc2)C1=O. The van der Waals surface area contributed by atoms with Crippen molar-refractivity contribution in [2.24, 2.45) is 0 Å². The summed E-state index contributed by atoms with van der Waals surface area (Å²) in [5.41, 5.74) is 0.963. The van der Waals surface area contributed by atoms with Gasteiger partial charge in [0.25, 0.3) is 5.91 Å². The molecule has 27 heavy (non-hydrogen) atoms. The van der Waals surface area contributed by atoms with E-state index in [2.05, 4.69) is 5.32 Å². The second-order valence-corrected chi connectivity index (χ2v) is 6.93. The van der Waals surface area contributed by atoms with Gasteiger partial charge in [0.15, 0.2) is 6.67 Å². The molecule has 1 heterocycles. The van der Waals surface area contributed by atoms with Crippen molar-refractivity contribution in [2.75, 3.05) is 20.8 Å². The molecule has 6 nitrogen and oxygen atoms in total. The standard InChI is InChI=1S/C21H25N3O3/c1-4-21(17-8-6-5-7-9-17)19(25)24(20(26)22-21)15-23(2)14-16-10-12-18(27-3)13-11-16/h5-13H,4,14-15H2,1-3H3,(H,22,26)/p+1/t21-/m0/s1. The number of imide groups is 1. The van der Waals surface area contributed by atoms with Gasteiger partial charge in [0.2, 0.25) is 0 Å². The van der Waals surface area contributed by atoms with Crippen LogP contribution < -0.4 is 15.0 Å².